The third-order valence-corrected chi connectivity index (χ3v) is 2.63. The lowest BCUT2D eigenvalue weighted by Crippen LogP contribution is -2.28. The fourth-order valence-electron chi connectivity index (χ4n) is 1.07. The van der Waals surface area contributed by atoms with Crippen molar-refractivity contribution in [2.45, 2.75) is 20.3 Å². The number of rotatable bonds is 4. The molecule has 1 aromatic heterocycles. The van der Waals surface area contributed by atoms with Crippen molar-refractivity contribution in [3.63, 3.8) is 0 Å². The monoisotopic (exact) mass is 226 g/mol. The summed E-state index contributed by atoms with van der Waals surface area (Å²) in [4.78, 5) is 15.5. The molecule has 0 aliphatic heterocycles. The zero-order valence-corrected chi connectivity index (χ0v) is 9.71. The van der Waals surface area contributed by atoms with E-state index < -0.39 is 0 Å². The molecule has 0 fully saturated rings. The molecule has 0 aliphatic rings. The van der Waals surface area contributed by atoms with Gasteiger partial charge in [0.1, 0.15) is 0 Å². The summed E-state index contributed by atoms with van der Waals surface area (Å²) in [5.41, 5.74) is 0.481. The molecule has 0 spiro atoms. The number of amides is 1. The second kappa shape index (κ2) is 5.71. The van der Waals surface area contributed by atoms with Gasteiger partial charge < -0.3 is 5.32 Å². The summed E-state index contributed by atoms with van der Waals surface area (Å²) in [6.45, 7) is 4.86. The van der Waals surface area contributed by atoms with Gasteiger partial charge in [0.2, 0.25) is 0 Å². The van der Waals surface area contributed by atoms with Gasteiger partial charge in [-0.1, -0.05) is 31.9 Å². The molecule has 0 saturated carbocycles. The third kappa shape index (κ3) is 3.51. The van der Waals surface area contributed by atoms with Crippen LogP contribution >= 0.6 is 11.6 Å². The molecule has 0 aromatic carbocycles. The Bertz CT molecular complexity index is 341. The van der Waals surface area contributed by atoms with Crippen molar-refractivity contribution in [3.05, 3.63) is 29.0 Å². The summed E-state index contributed by atoms with van der Waals surface area (Å²) in [5, 5.41) is 3.23. The maximum Gasteiger partial charge on any atom is 0.252 e. The van der Waals surface area contributed by atoms with Crippen LogP contribution in [-0.4, -0.2) is 17.4 Å². The highest BCUT2D eigenvalue weighted by Gasteiger charge is 2.10. The number of nitrogens with one attached hydrogen (secondary N) is 1. The molecule has 1 N–H and O–H groups in total. The topological polar surface area (TPSA) is 42.0 Å². The highest BCUT2D eigenvalue weighted by molar-refractivity contribution is 6.33. The van der Waals surface area contributed by atoms with E-state index in [1.54, 1.807) is 12.3 Å². The Labute approximate surface area is 94.9 Å². The normalized spacial score (nSPS) is 12.2. The van der Waals surface area contributed by atoms with Gasteiger partial charge in [0.05, 0.1) is 10.6 Å². The van der Waals surface area contributed by atoms with Crippen LogP contribution in [0.3, 0.4) is 0 Å². The average Bonchev–Trinajstić information content (AvgIpc) is 2.26. The van der Waals surface area contributed by atoms with Gasteiger partial charge in [0.25, 0.3) is 5.91 Å². The van der Waals surface area contributed by atoms with Crippen molar-refractivity contribution >= 4 is 17.5 Å². The molecule has 0 radical (unpaired) electrons. The quantitative estimate of drug-likeness (QED) is 0.857. The lowest BCUT2D eigenvalue weighted by atomic mass is 10.1. The van der Waals surface area contributed by atoms with E-state index in [-0.39, 0.29) is 5.91 Å². The van der Waals surface area contributed by atoms with Crippen molar-refractivity contribution in [3.8, 4) is 0 Å². The summed E-state index contributed by atoms with van der Waals surface area (Å²) in [5.74, 6) is 0.345. The van der Waals surface area contributed by atoms with Gasteiger partial charge >= 0.3 is 0 Å². The standard InChI is InChI=1S/C11H15ClN2O/c1-3-8(2)6-14-11(15)9-4-5-13-7-10(9)12/h4-5,7-8H,3,6H2,1-2H3,(H,14,15). The third-order valence-electron chi connectivity index (χ3n) is 2.33. The first kappa shape index (κ1) is 12.0. The van der Waals surface area contributed by atoms with E-state index in [1.807, 2.05) is 0 Å². The van der Waals surface area contributed by atoms with Gasteiger partial charge in [-0.15, -0.1) is 0 Å². The number of carbonyl (C=O) groups excluding carboxylic acids is 1. The minimum absolute atomic E-state index is 0.136. The molecule has 1 aromatic rings. The lowest BCUT2D eigenvalue weighted by molar-refractivity contribution is 0.0948. The van der Waals surface area contributed by atoms with Crippen LogP contribution < -0.4 is 5.32 Å². The number of nitrogens with zero attached hydrogens (tertiary/aromatic N) is 1. The van der Waals surface area contributed by atoms with Gasteiger partial charge in [-0.25, -0.2) is 0 Å². The van der Waals surface area contributed by atoms with Crippen LogP contribution in [0.25, 0.3) is 0 Å². The number of hydrogen-bond donors (Lipinski definition) is 1. The van der Waals surface area contributed by atoms with Crippen LogP contribution in [-0.2, 0) is 0 Å². The largest absolute Gasteiger partial charge is 0.352 e. The van der Waals surface area contributed by atoms with Crippen molar-refractivity contribution in [2.24, 2.45) is 5.92 Å². The number of carbonyl (C=O) groups is 1. The molecule has 1 rings (SSSR count). The maximum absolute atomic E-state index is 11.7. The summed E-state index contributed by atoms with van der Waals surface area (Å²) < 4.78 is 0. The molecule has 0 saturated heterocycles. The zero-order valence-electron chi connectivity index (χ0n) is 8.96. The molecule has 0 bridgehead atoms. The molecule has 4 heteroatoms. The average molecular weight is 227 g/mol. The highest BCUT2D eigenvalue weighted by atomic mass is 35.5. The highest BCUT2D eigenvalue weighted by Crippen LogP contribution is 2.13. The van der Waals surface area contributed by atoms with Gasteiger partial charge in [-0.3, -0.25) is 9.78 Å². The van der Waals surface area contributed by atoms with Crippen molar-refractivity contribution in [1.82, 2.24) is 10.3 Å². The molecular formula is C11H15ClN2O. The number of aromatic nitrogens is 1. The molecule has 15 heavy (non-hydrogen) atoms. The Hall–Kier alpha value is -1.09. The fraction of sp³-hybridized carbons (Fsp3) is 0.455. The lowest BCUT2D eigenvalue weighted by Gasteiger charge is -2.10. The van der Waals surface area contributed by atoms with Crippen molar-refractivity contribution in [2.75, 3.05) is 6.54 Å². The summed E-state index contributed by atoms with van der Waals surface area (Å²) >= 11 is 5.84. The van der Waals surface area contributed by atoms with Crippen LogP contribution in [0.15, 0.2) is 18.5 Å². The Kier molecular flexibility index (Phi) is 4.56. The number of hydrogen-bond acceptors (Lipinski definition) is 2. The van der Waals surface area contributed by atoms with Crippen molar-refractivity contribution < 1.29 is 4.79 Å². The molecule has 82 valence electrons. The van der Waals surface area contributed by atoms with E-state index in [1.165, 1.54) is 6.20 Å². The number of halogens is 1. The molecule has 1 atom stereocenters. The minimum atomic E-state index is -0.136. The van der Waals surface area contributed by atoms with Crippen molar-refractivity contribution in [1.29, 1.82) is 0 Å². The van der Waals surface area contributed by atoms with Gasteiger partial charge in [-0.2, -0.15) is 0 Å². The van der Waals surface area contributed by atoms with Gasteiger partial charge in [0, 0.05) is 18.9 Å². The van der Waals surface area contributed by atoms with E-state index in [4.69, 9.17) is 11.6 Å². The Balaban J connectivity index is 2.58. The first-order valence-corrected chi connectivity index (χ1v) is 5.40. The van der Waals surface area contributed by atoms with Crippen LogP contribution in [0, 0.1) is 5.92 Å². The van der Waals surface area contributed by atoms with Crippen LogP contribution in [0.5, 0.6) is 0 Å². The van der Waals surface area contributed by atoms with E-state index in [2.05, 4.69) is 24.1 Å². The summed E-state index contributed by atoms with van der Waals surface area (Å²) in [6, 6.07) is 1.62. The SMILES string of the molecule is CCC(C)CNC(=O)c1ccncc1Cl. The minimum Gasteiger partial charge on any atom is -0.352 e. The summed E-state index contributed by atoms with van der Waals surface area (Å²) in [6.07, 6.45) is 4.08. The van der Waals surface area contributed by atoms with E-state index in [0.717, 1.165) is 6.42 Å². The fourth-order valence-corrected chi connectivity index (χ4v) is 1.27. The molecule has 1 heterocycles. The van der Waals surface area contributed by atoms with E-state index >= 15 is 0 Å². The summed E-state index contributed by atoms with van der Waals surface area (Å²) in [7, 11) is 0. The van der Waals surface area contributed by atoms with Crippen LogP contribution in [0.1, 0.15) is 30.6 Å². The molecule has 3 nitrogen and oxygen atoms in total. The maximum atomic E-state index is 11.7. The van der Waals surface area contributed by atoms with Crippen LogP contribution in [0.4, 0.5) is 0 Å². The molecule has 1 unspecified atom stereocenters. The van der Waals surface area contributed by atoms with Gasteiger partial charge in [0.15, 0.2) is 0 Å². The predicted molar refractivity (Wildman–Crippen MR) is 61.0 cm³/mol. The second-order valence-corrected chi connectivity index (χ2v) is 3.99. The Morgan fingerprint density at radius 1 is 1.67 bits per heavy atom. The zero-order chi connectivity index (χ0) is 11.3. The second-order valence-electron chi connectivity index (χ2n) is 3.58. The first-order chi connectivity index (χ1) is 7.15. The van der Waals surface area contributed by atoms with E-state index in [9.17, 15) is 4.79 Å². The van der Waals surface area contributed by atoms with Gasteiger partial charge in [-0.05, 0) is 12.0 Å². The van der Waals surface area contributed by atoms with Crippen LogP contribution in [0.2, 0.25) is 5.02 Å². The van der Waals surface area contributed by atoms with E-state index in [0.29, 0.717) is 23.0 Å². The molecule has 0 aliphatic carbocycles. The Morgan fingerprint density at radius 3 is 3.00 bits per heavy atom. The molecule has 1 amide bonds. The molecular weight excluding hydrogens is 212 g/mol. The predicted octanol–water partition coefficient (Wildman–Crippen LogP) is 2.51. The Morgan fingerprint density at radius 2 is 2.40 bits per heavy atom. The first-order valence-electron chi connectivity index (χ1n) is 5.02. The number of pyridine rings is 1. The smallest absolute Gasteiger partial charge is 0.252 e.